The number of nitrogens with one attached hydrogen (secondary N) is 1. The number of anilines is 2. The van der Waals surface area contributed by atoms with Gasteiger partial charge in [0.25, 0.3) is 0 Å². The van der Waals surface area contributed by atoms with E-state index in [9.17, 15) is 14.4 Å². The standard InChI is InChI=1S/C23H22N2O5/c1-22(2)18(23(22)16-6-4-5-7-17(16)24-20(23)27)13-10-14(19(26)29-3)12-15(11-13)25-8-9-30-21(25)28/h4-7,10-12,18H,8-9H2,1-3H3,(H,24,27)/t18?,23-/m1/s1. The third kappa shape index (κ3) is 2.23. The van der Waals surface area contributed by atoms with Crippen LogP contribution in [-0.4, -0.2) is 38.2 Å². The van der Waals surface area contributed by atoms with E-state index in [1.165, 1.54) is 12.0 Å². The molecule has 2 fully saturated rings. The SMILES string of the molecule is COC(=O)c1cc(C2C(C)(C)[C@@]23C(=O)Nc2ccccc23)cc(N2CCOC2=O)c1. The number of methoxy groups -OCH3 is 1. The van der Waals surface area contributed by atoms with Crippen LogP contribution < -0.4 is 10.2 Å². The molecule has 2 aromatic carbocycles. The predicted octanol–water partition coefficient (Wildman–Crippen LogP) is 3.44. The minimum Gasteiger partial charge on any atom is -0.465 e. The minimum atomic E-state index is -0.721. The topological polar surface area (TPSA) is 84.9 Å². The highest BCUT2D eigenvalue weighted by Gasteiger charge is 2.78. The first-order valence-electron chi connectivity index (χ1n) is 9.91. The molecule has 0 radical (unpaired) electrons. The number of fused-ring (bicyclic) bond motifs is 2. The monoisotopic (exact) mass is 406 g/mol. The van der Waals surface area contributed by atoms with Crippen molar-refractivity contribution in [1.29, 1.82) is 0 Å². The summed E-state index contributed by atoms with van der Waals surface area (Å²) in [4.78, 5) is 39.2. The summed E-state index contributed by atoms with van der Waals surface area (Å²) in [5, 5.41) is 3.02. The third-order valence-electron chi connectivity index (χ3n) is 6.81. The van der Waals surface area contributed by atoms with Crippen molar-refractivity contribution in [1.82, 2.24) is 0 Å². The molecule has 1 N–H and O–H groups in total. The fourth-order valence-corrected chi connectivity index (χ4v) is 5.46. The smallest absolute Gasteiger partial charge is 0.414 e. The van der Waals surface area contributed by atoms with Gasteiger partial charge >= 0.3 is 12.1 Å². The van der Waals surface area contributed by atoms with Gasteiger partial charge in [-0.2, -0.15) is 0 Å². The van der Waals surface area contributed by atoms with Gasteiger partial charge < -0.3 is 14.8 Å². The van der Waals surface area contributed by atoms with Gasteiger partial charge in [-0.25, -0.2) is 9.59 Å². The molecule has 7 nitrogen and oxygen atoms in total. The van der Waals surface area contributed by atoms with Gasteiger partial charge in [0.2, 0.25) is 5.91 Å². The van der Waals surface area contributed by atoms with E-state index in [0.717, 1.165) is 16.8 Å². The fourth-order valence-electron chi connectivity index (χ4n) is 5.46. The number of para-hydroxylation sites is 1. The molecule has 1 spiro atoms. The van der Waals surface area contributed by atoms with E-state index in [1.807, 2.05) is 30.3 Å². The number of hydrogen-bond donors (Lipinski definition) is 1. The second-order valence-corrected chi connectivity index (χ2v) is 8.53. The number of ether oxygens (including phenoxy) is 2. The lowest BCUT2D eigenvalue weighted by Gasteiger charge is -2.16. The molecule has 2 heterocycles. The van der Waals surface area contributed by atoms with Crippen molar-refractivity contribution in [3.05, 3.63) is 59.2 Å². The van der Waals surface area contributed by atoms with Crippen molar-refractivity contribution in [3.63, 3.8) is 0 Å². The summed E-state index contributed by atoms with van der Waals surface area (Å²) < 4.78 is 10.00. The average Bonchev–Trinajstić information content (AvgIpc) is 3.00. The molecule has 0 bridgehead atoms. The van der Waals surface area contributed by atoms with Gasteiger partial charge in [-0.3, -0.25) is 9.69 Å². The number of esters is 1. The summed E-state index contributed by atoms with van der Waals surface area (Å²) >= 11 is 0. The Bertz CT molecular complexity index is 1110. The molecule has 0 aromatic heterocycles. The van der Waals surface area contributed by atoms with Crippen molar-refractivity contribution < 1.29 is 23.9 Å². The molecule has 7 heteroatoms. The Morgan fingerprint density at radius 3 is 2.67 bits per heavy atom. The molecule has 3 aliphatic rings. The van der Waals surface area contributed by atoms with Gasteiger partial charge in [0, 0.05) is 17.3 Å². The first-order valence-corrected chi connectivity index (χ1v) is 9.91. The molecule has 1 aliphatic carbocycles. The molecule has 2 amide bonds. The van der Waals surface area contributed by atoms with E-state index in [2.05, 4.69) is 19.2 Å². The highest BCUT2D eigenvalue weighted by Crippen LogP contribution is 2.77. The maximum Gasteiger partial charge on any atom is 0.414 e. The van der Waals surface area contributed by atoms with Crippen LogP contribution in [0.25, 0.3) is 0 Å². The van der Waals surface area contributed by atoms with Crippen LogP contribution >= 0.6 is 0 Å². The van der Waals surface area contributed by atoms with Crippen LogP contribution in [0.2, 0.25) is 0 Å². The molecule has 2 aliphatic heterocycles. The lowest BCUT2D eigenvalue weighted by Crippen LogP contribution is -2.25. The molecule has 30 heavy (non-hydrogen) atoms. The number of hydrogen-bond acceptors (Lipinski definition) is 5. The molecule has 1 saturated heterocycles. The zero-order valence-electron chi connectivity index (χ0n) is 17.0. The third-order valence-corrected chi connectivity index (χ3v) is 6.81. The van der Waals surface area contributed by atoms with E-state index in [1.54, 1.807) is 12.1 Å². The van der Waals surface area contributed by atoms with E-state index in [0.29, 0.717) is 24.4 Å². The molecular formula is C23H22N2O5. The van der Waals surface area contributed by atoms with E-state index >= 15 is 0 Å². The number of cyclic esters (lactones) is 1. The molecule has 2 aromatic rings. The van der Waals surface area contributed by atoms with Gasteiger partial charge in [-0.1, -0.05) is 32.0 Å². The second kappa shape index (κ2) is 6.08. The lowest BCUT2D eigenvalue weighted by atomic mass is 9.88. The highest BCUT2D eigenvalue weighted by molar-refractivity contribution is 6.11. The van der Waals surface area contributed by atoms with E-state index in [-0.39, 0.29) is 17.2 Å². The number of carbonyl (C=O) groups excluding carboxylic acids is 3. The molecule has 1 saturated carbocycles. The predicted molar refractivity (Wildman–Crippen MR) is 110 cm³/mol. The number of nitrogens with zero attached hydrogens (tertiary/aromatic N) is 1. The highest BCUT2D eigenvalue weighted by atomic mass is 16.6. The Morgan fingerprint density at radius 2 is 1.97 bits per heavy atom. The van der Waals surface area contributed by atoms with Gasteiger partial charge in [0.1, 0.15) is 6.61 Å². The molecule has 5 rings (SSSR count). The number of benzene rings is 2. The van der Waals surface area contributed by atoms with Crippen molar-refractivity contribution in [2.24, 2.45) is 5.41 Å². The summed E-state index contributed by atoms with van der Waals surface area (Å²) in [6.07, 6.45) is -0.448. The average molecular weight is 406 g/mol. The number of amides is 2. The van der Waals surface area contributed by atoms with E-state index < -0.39 is 17.5 Å². The van der Waals surface area contributed by atoms with Crippen LogP contribution in [-0.2, 0) is 19.7 Å². The van der Waals surface area contributed by atoms with E-state index in [4.69, 9.17) is 9.47 Å². The number of carbonyl (C=O) groups is 3. The molecular weight excluding hydrogens is 384 g/mol. The minimum absolute atomic E-state index is 0.0377. The largest absolute Gasteiger partial charge is 0.465 e. The quantitative estimate of drug-likeness (QED) is 0.790. The Hall–Kier alpha value is -3.35. The lowest BCUT2D eigenvalue weighted by molar-refractivity contribution is -0.118. The van der Waals surface area contributed by atoms with Gasteiger partial charge in [-0.05, 0) is 40.8 Å². The van der Waals surface area contributed by atoms with Crippen LogP contribution in [0, 0.1) is 5.41 Å². The fraction of sp³-hybridized carbons (Fsp3) is 0.348. The van der Waals surface area contributed by atoms with Crippen LogP contribution in [0.15, 0.2) is 42.5 Å². The van der Waals surface area contributed by atoms with Crippen LogP contribution in [0.1, 0.15) is 41.3 Å². The Labute approximate surface area is 174 Å². The summed E-state index contributed by atoms with van der Waals surface area (Å²) in [6, 6.07) is 13.0. The van der Waals surface area contributed by atoms with Crippen LogP contribution in [0.5, 0.6) is 0 Å². The van der Waals surface area contributed by atoms with Gasteiger partial charge in [0.05, 0.1) is 24.6 Å². The maximum atomic E-state index is 13.2. The van der Waals surface area contributed by atoms with Crippen molar-refractivity contribution >= 4 is 29.3 Å². The number of rotatable bonds is 3. The Balaban J connectivity index is 1.66. The van der Waals surface area contributed by atoms with Crippen molar-refractivity contribution in [2.75, 3.05) is 30.5 Å². The zero-order chi connectivity index (χ0) is 21.3. The summed E-state index contributed by atoms with van der Waals surface area (Å²) in [7, 11) is 1.32. The molecule has 1 unspecified atom stereocenters. The first kappa shape index (κ1) is 18.7. The first-order chi connectivity index (χ1) is 14.3. The van der Waals surface area contributed by atoms with Crippen molar-refractivity contribution in [2.45, 2.75) is 25.2 Å². The zero-order valence-corrected chi connectivity index (χ0v) is 17.0. The van der Waals surface area contributed by atoms with Crippen LogP contribution in [0.4, 0.5) is 16.2 Å². The maximum absolute atomic E-state index is 13.2. The van der Waals surface area contributed by atoms with Gasteiger partial charge in [0.15, 0.2) is 0 Å². The molecule has 154 valence electrons. The van der Waals surface area contributed by atoms with Crippen LogP contribution in [0.3, 0.4) is 0 Å². The Kier molecular flexibility index (Phi) is 3.78. The van der Waals surface area contributed by atoms with Gasteiger partial charge in [-0.15, -0.1) is 0 Å². The summed E-state index contributed by atoms with van der Waals surface area (Å²) in [5.74, 6) is -0.686. The second-order valence-electron chi connectivity index (χ2n) is 8.53. The van der Waals surface area contributed by atoms with Crippen molar-refractivity contribution in [3.8, 4) is 0 Å². The molecule has 2 atom stereocenters. The normalized spacial score (nSPS) is 25.7. The Morgan fingerprint density at radius 1 is 1.20 bits per heavy atom. The summed E-state index contributed by atoms with van der Waals surface area (Å²) in [5.41, 5.74) is 2.43. The summed E-state index contributed by atoms with van der Waals surface area (Å²) in [6.45, 7) is 4.83.